The van der Waals surface area contributed by atoms with Gasteiger partial charge in [0.05, 0.1) is 11.1 Å². The monoisotopic (exact) mass is 284 g/mol. The highest BCUT2D eigenvalue weighted by molar-refractivity contribution is 5.72. The van der Waals surface area contributed by atoms with Gasteiger partial charge in [0.1, 0.15) is 12.1 Å². The van der Waals surface area contributed by atoms with E-state index in [0.717, 1.165) is 24.0 Å². The quantitative estimate of drug-likeness (QED) is 0.660. The lowest BCUT2D eigenvalue weighted by atomic mass is 9.44. The van der Waals surface area contributed by atoms with Crippen molar-refractivity contribution in [3.63, 3.8) is 0 Å². The predicted octanol–water partition coefficient (Wildman–Crippen LogP) is 4.44. The van der Waals surface area contributed by atoms with E-state index in [1.54, 1.807) is 0 Å². The van der Waals surface area contributed by atoms with Crippen LogP contribution in [-0.4, -0.2) is 0 Å². The molecule has 0 aromatic heterocycles. The van der Waals surface area contributed by atoms with Gasteiger partial charge in [-0.15, -0.1) is 0 Å². The Morgan fingerprint density at radius 3 is 1.59 bits per heavy atom. The second-order valence-electron chi connectivity index (χ2n) is 6.65. The van der Waals surface area contributed by atoms with E-state index in [1.807, 2.05) is 24.3 Å². The number of nitriles is 2. The molecule has 0 heterocycles. The fourth-order valence-corrected chi connectivity index (χ4v) is 4.82. The van der Waals surface area contributed by atoms with Gasteiger partial charge in [-0.3, -0.25) is 0 Å². The Balaban J connectivity index is 2.20. The smallest absolute Gasteiger partial charge is 0.101 e. The third-order valence-electron chi connectivity index (χ3n) is 6.16. The minimum Gasteiger partial charge on any atom is -0.192 e. The molecule has 1 fully saturated rings. The number of nitrogens with zero attached hydrogens (tertiary/aromatic N) is 2. The van der Waals surface area contributed by atoms with Crippen LogP contribution in [0.3, 0.4) is 0 Å². The first-order valence-corrected chi connectivity index (χ1v) is 7.64. The largest absolute Gasteiger partial charge is 0.192 e. The van der Waals surface area contributed by atoms with Crippen molar-refractivity contribution in [3.8, 4) is 12.1 Å². The zero-order chi connectivity index (χ0) is 15.5. The van der Waals surface area contributed by atoms with Crippen LogP contribution >= 0.6 is 0 Å². The molecule has 0 bridgehead atoms. The van der Waals surface area contributed by atoms with Gasteiger partial charge in [0, 0.05) is 10.8 Å². The molecule has 2 heteroatoms. The summed E-state index contributed by atoms with van der Waals surface area (Å²) in [6.45, 7) is 4.49. The summed E-state index contributed by atoms with van der Waals surface area (Å²) >= 11 is 0. The second-order valence-corrected chi connectivity index (χ2v) is 6.65. The maximum atomic E-state index is 9.71. The molecule has 2 nitrogen and oxygen atoms in total. The van der Waals surface area contributed by atoms with E-state index >= 15 is 0 Å². The van der Waals surface area contributed by atoms with Crippen LogP contribution in [-0.2, 0) is 0 Å². The molecule has 0 unspecified atom stereocenters. The molecule has 0 spiro atoms. The average molecular weight is 284 g/mol. The first-order chi connectivity index (χ1) is 10.6. The molecule has 0 amide bonds. The highest BCUT2D eigenvalue weighted by atomic mass is 14.6. The SMILES string of the molecule is C[C@@]12C3=CC=CC1=C(C#N)C(C#N)=C1C=CC=C(CC3)[C@]12C. The molecule has 0 N–H and O–H groups in total. The fraction of sp³-hybridized carbons (Fsp3) is 0.300. The van der Waals surface area contributed by atoms with E-state index in [1.165, 1.54) is 11.1 Å². The molecule has 4 aliphatic carbocycles. The van der Waals surface area contributed by atoms with Crippen molar-refractivity contribution in [1.82, 2.24) is 0 Å². The van der Waals surface area contributed by atoms with Crippen molar-refractivity contribution in [2.75, 3.05) is 0 Å². The van der Waals surface area contributed by atoms with Gasteiger partial charge in [-0.05, 0) is 24.0 Å². The fourth-order valence-electron chi connectivity index (χ4n) is 4.82. The van der Waals surface area contributed by atoms with Crippen LogP contribution in [0.1, 0.15) is 26.7 Å². The third-order valence-corrected chi connectivity index (χ3v) is 6.16. The van der Waals surface area contributed by atoms with Gasteiger partial charge < -0.3 is 0 Å². The molecular weight excluding hydrogens is 268 g/mol. The molecule has 1 saturated carbocycles. The van der Waals surface area contributed by atoms with Crippen LogP contribution < -0.4 is 0 Å². The first-order valence-electron chi connectivity index (χ1n) is 7.64. The van der Waals surface area contributed by atoms with Crippen molar-refractivity contribution < 1.29 is 0 Å². The minimum absolute atomic E-state index is 0.225. The normalized spacial score (nSPS) is 34.5. The lowest BCUT2D eigenvalue weighted by molar-refractivity contribution is 0.207. The Hall–Kier alpha value is -2.58. The first kappa shape index (κ1) is 13.1. The zero-order valence-electron chi connectivity index (χ0n) is 12.8. The van der Waals surface area contributed by atoms with Gasteiger partial charge in [0.25, 0.3) is 0 Å². The second kappa shape index (κ2) is 3.99. The number of rotatable bonds is 0. The Morgan fingerprint density at radius 2 is 1.23 bits per heavy atom. The van der Waals surface area contributed by atoms with Crippen LogP contribution in [0.2, 0.25) is 0 Å². The standard InChI is InChI=1S/C20H16N2/c1-19-13-5-3-7-17(19)15(11-21)16(12-22)18-8-4-6-14(10-9-13)20(18,19)2/h3-8H,9-10H2,1-2H3/t19-,20-/m1/s1. The Morgan fingerprint density at radius 1 is 0.818 bits per heavy atom. The van der Waals surface area contributed by atoms with Gasteiger partial charge in [-0.2, -0.15) is 10.5 Å². The van der Waals surface area contributed by atoms with Gasteiger partial charge in [0.15, 0.2) is 0 Å². The Kier molecular flexibility index (Phi) is 2.38. The Bertz CT molecular complexity index is 800. The van der Waals surface area contributed by atoms with Gasteiger partial charge in [-0.25, -0.2) is 0 Å². The van der Waals surface area contributed by atoms with Crippen LogP contribution in [0.5, 0.6) is 0 Å². The molecule has 106 valence electrons. The molecule has 4 aliphatic rings. The van der Waals surface area contributed by atoms with Crippen LogP contribution in [0.15, 0.2) is 69.9 Å². The number of hydrogen-bond acceptors (Lipinski definition) is 2. The third kappa shape index (κ3) is 1.17. The summed E-state index contributed by atoms with van der Waals surface area (Å²) in [6.07, 6.45) is 14.6. The molecular formula is C20H16N2. The topological polar surface area (TPSA) is 47.6 Å². The highest BCUT2D eigenvalue weighted by Crippen LogP contribution is 2.68. The highest BCUT2D eigenvalue weighted by Gasteiger charge is 2.59. The summed E-state index contributed by atoms with van der Waals surface area (Å²) in [7, 11) is 0. The summed E-state index contributed by atoms with van der Waals surface area (Å²) in [5.41, 5.74) is 5.42. The predicted molar refractivity (Wildman–Crippen MR) is 85.2 cm³/mol. The van der Waals surface area contributed by atoms with Crippen LogP contribution in [0, 0.1) is 33.5 Å². The van der Waals surface area contributed by atoms with Crippen molar-refractivity contribution >= 4 is 0 Å². The summed E-state index contributed by atoms with van der Waals surface area (Å²) < 4.78 is 0. The van der Waals surface area contributed by atoms with Crippen LogP contribution in [0.4, 0.5) is 0 Å². The lowest BCUT2D eigenvalue weighted by Crippen LogP contribution is -2.49. The summed E-state index contributed by atoms with van der Waals surface area (Å²) in [6, 6.07) is 4.61. The van der Waals surface area contributed by atoms with E-state index in [-0.39, 0.29) is 10.8 Å². The summed E-state index contributed by atoms with van der Waals surface area (Å²) in [4.78, 5) is 0. The van der Waals surface area contributed by atoms with E-state index in [4.69, 9.17) is 0 Å². The number of hydrogen-bond donors (Lipinski definition) is 0. The maximum Gasteiger partial charge on any atom is 0.101 e. The molecule has 2 atom stereocenters. The number of allylic oxidation sites excluding steroid dienone is 12. The van der Waals surface area contributed by atoms with Crippen molar-refractivity contribution in [1.29, 1.82) is 10.5 Å². The Labute approximate surface area is 130 Å². The average Bonchev–Trinajstić information content (AvgIpc) is 2.52. The lowest BCUT2D eigenvalue weighted by Gasteiger charge is -2.58. The molecule has 0 aromatic rings. The van der Waals surface area contributed by atoms with E-state index in [2.05, 4.69) is 38.1 Å². The maximum absolute atomic E-state index is 9.71. The minimum atomic E-state index is -0.225. The van der Waals surface area contributed by atoms with Gasteiger partial charge in [-0.1, -0.05) is 61.4 Å². The van der Waals surface area contributed by atoms with E-state index in [9.17, 15) is 10.5 Å². The van der Waals surface area contributed by atoms with Gasteiger partial charge in [0.2, 0.25) is 0 Å². The van der Waals surface area contributed by atoms with Crippen molar-refractivity contribution in [2.24, 2.45) is 10.8 Å². The molecule has 0 aliphatic heterocycles. The summed E-state index contributed by atoms with van der Waals surface area (Å²) in [5, 5.41) is 19.4. The van der Waals surface area contributed by atoms with Crippen molar-refractivity contribution in [3.05, 3.63) is 69.9 Å². The molecule has 0 aromatic carbocycles. The van der Waals surface area contributed by atoms with E-state index < -0.39 is 0 Å². The summed E-state index contributed by atoms with van der Waals surface area (Å²) in [5.74, 6) is 0. The molecule has 22 heavy (non-hydrogen) atoms. The van der Waals surface area contributed by atoms with E-state index in [0.29, 0.717) is 11.1 Å². The van der Waals surface area contributed by atoms with Crippen LogP contribution in [0.25, 0.3) is 0 Å². The zero-order valence-corrected chi connectivity index (χ0v) is 12.8. The van der Waals surface area contributed by atoms with Gasteiger partial charge >= 0.3 is 0 Å². The molecule has 0 radical (unpaired) electrons. The molecule has 4 rings (SSSR count). The van der Waals surface area contributed by atoms with Crippen molar-refractivity contribution in [2.45, 2.75) is 26.7 Å². The molecule has 0 saturated heterocycles.